The first kappa shape index (κ1) is 14.5. The van der Waals surface area contributed by atoms with Crippen molar-refractivity contribution in [2.75, 3.05) is 19.1 Å². The predicted molar refractivity (Wildman–Crippen MR) is 72.4 cm³/mol. The van der Waals surface area contributed by atoms with E-state index in [1.165, 1.54) is 0 Å². The van der Waals surface area contributed by atoms with Gasteiger partial charge in [-0.2, -0.15) is 0 Å². The maximum atomic E-state index is 12.1. The summed E-state index contributed by atoms with van der Waals surface area (Å²) in [6.07, 6.45) is 0.816. The molecule has 0 saturated carbocycles. The van der Waals surface area contributed by atoms with E-state index in [0.717, 1.165) is 12.0 Å². The number of hydrazine groups is 1. The third-order valence-electron chi connectivity index (χ3n) is 2.77. The summed E-state index contributed by atoms with van der Waals surface area (Å²) >= 11 is 0. The van der Waals surface area contributed by atoms with Crippen molar-refractivity contribution in [1.82, 2.24) is 5.32 Å². The lowest BCUT2D eigenvalue weighted by molar-refractivity contribution is 0.0895. The van der Waals surface area contributed by atoms with Gasteiger partial charge >= 0.3 is 0 Å². The molecule has 0 radical (unpaired) electrons. The molecule has 0 aliphatic heterocycles. The second kappa shape index (κ2) is 6.98. The number of amides is 1. The summed E-state index contributed by atoms with van der Waals surface area (Å²) in [6.45, 7) is 4.45. The van der Waals surface area contributed by atoms with Crippen LogP contribution in [0.15, 0.2) is 18.2 Å². The zero-order chi connectivity index (χ0) is 13.5. The second-order valence-electron chi connectivity index (χ2n) is 4.23. The number of hydrogen-bond acceptors (Lipinski definition) is 4. The van der Waals surface area contributed by atoms with Crippen LogP contribution in [0.3, 0.4) is 0 Å². The lowest BCUT2D eigenvalue weighted by Gasteiger charge is -2.17. The molecule has 1 rings (SSSR count). The SMILES string of the molecule is CCC(COC)NC(=O)c1ccc(C)cc1NN. The van der Waals surface area contributed by atoms with Crippen molar-refractivity contribution < 1.29 is 9.53 Å². The molecule has 1 atom stereocenters. The third kappa shape index (κ3) is 3.72. The summed E-state index contributed by atoms with van der Waals surface area (Å²) in [6, 6.07) is 5.49. The Kier molecular flexibility index (Phi) is 5.61. The van der Waals surface area contributed by atoms with Crippen molar-refractivity contribution in [2.45, 2.75) is 26.3 Å². The molecule has 18 heavy (non-hydrogen) atoms. The van der Waals surface area contributed by atoms with E-state index in [1.807, 2.05) is 26.0 Å². The fourth-order valence-corrected chi connectivity index (χ4v) is 1.70. The van der Waals surface area contributed by atoms with Gasteiger partial charge in [-0.25, -0.2) is 0 Å². The Morgan fingerprint density at radius 3 is 2.78 bits per heavy atom. The van der Waals surface area contributed by atoms with Crippen LogP contribution in [0.2, 0.25) is 0 Å². The number of carbonyl (C=O) groups excluding carboxylic acids is 1. The Morgan fingerprint density at radius 1 is 1.50 bits per heavy atom. The minimum atomic E-state index is -0.146. The highest BCUT2D eigenvalue weighted by molar-refractivity contribution is 5.99. The summed E-state index contributed by atoms with van der Waals surface area (Å²) in [5.41, 5.74) is 4.76. The Bertz CT molecular complexity index is 407. The lowest BCUT2D eigenvalue weighted by atomic mass is 10.1. The van der Waals surface area contributed by atoms with E-state index in [4.69, 9.17) is 10.6 Å². The summed E-state index contributed by atoms with van der Waals surface area (Å²) < 4.78 is 5.05. The van der Waals surface area contributed by atoms with Crippen LogP contribution in [0.4, 0.5) is 5.69 Å². The van der Waals surface area contributed by atoms with Crippen molar-refractivity contribution in [1.29, 1.82) is 0 Å². The largest absolute Gasteiger partial charge is 0.383 e. The predicted octanol–water partition coefficient (Wildman–Crippen LogP) is 1.44. The third-order valence-corrected chi connectivity index (χ3v) is 2.77. The summed E-state index contributed by atoms with van der Waals surface area (Å²) in [4.78, 5) is 12.1. The number of nitrogens with one attached hydrogen (secondary N) is 2. The Hall–Kier alpha value is -1.59. The van der Waals surface area contributed by atoms with Gasteiger partial charge in [0.15, 0.2) is 0 Å². The molecule has 0 aliphatic carbocycles. The van der Waals surface area contributed by atoms with E-state index < -0.39 is 0 Å². The van der Waals surface area contributed by atoms with E-state index in [9.17, 15) is 4.79 Å². The minimum Gasteiger partial charge on any atom is -0.383 e. The van der Waals surface area contributed by atoms with Gasteiger partial charge in [-0.05, 0) is 31.0 Å². The van der Waals surface area contributed by atoms with Crippen LogP contribution in [0.1, 0.15) is 29.3 Å². The van der Waals surface area contributed by atoms with Crippen LogP contribution >= 0.6 is 0 Å². The van der Waals surface area contributed by atoms with Crippen LogP contribution in [-0.4, -0.2) is 25.7 Å². The van der Waals surface area contributed by atoms with Gasteiger partial charge in [-0.1, -0.05) is 13.0 Å². The zero-order valence-electron chi connectivity index (χ0n) is 11.1. The highest BCUT2D eigenvalue weighted by Crippen LogP contribution is 2.16. The number of methoxy groups -OCH3 is 1. The van der Waals surface area contributed by atoms with Crippen LogP contribution in [0.5, 0.6) is 0 Å². The van der Waals surface area contributed by atoms with Crippen molar-refractivity contribution in [2.24, 2.45) is 5.84 Å². The molecule has 0 heterocycles. The first-order valence-electron chi connectivity index (χ1n) is 5.99. The highest BCUT2D eigenvalue weighted by Gasteiger charge is 2.15. The van der Waals surface area contributed by atoms with Gasteiger partial charge in [0.2, 0.25) is 0 Å². The van der Waals surface area contributed by atoms with Crippen LogP contribution in [0.25, 0.3) is 0 Å². The molecule has 5 heteroatoms. The maximum Gasteiger partial charge on any atom is 0.253 e. The molecule has 1 aromatic carbocycles. The average Bonchev–Trinajstić information content (AvgIpc) is 2.37. The van der Waals surface area contributed by atoms with E-state index in [-0.39, 0.29) is 11.9 Å². The van der Waals surface area contributed by atoms with E-state index in [0.29, 0.717) is 17.9 Å². The van der Waals surface area contributed by atoms with Gasteiger partial charge in [0, 0.05) is 7.11 Å². The molecular formula is C13H21N3O2. The highest BCUT2D eigenvalue weighted by atomic mass is 16.5. The van der Waals surface area contributed by atoms with Crippen LogP contribution in [0, 0.1) is 6.92 Å². The van der Waals surface area contributed by atoms with E-state index in [1.54, 1.807) is 13.2 Å². The molecule has 1 aromatic rings. The molecule has 5 nitrogen and oxygen atoms in total. The number of carbonyl (C=O) groups is 1. The lowest BCUT2D eigenvalue weighted by Crippen LogP contribution is -2.38. The number of hydrogen-bond donors (Lipinski definition) is 3. The Labute approximate surface area is 108 Å². The van der Waals surface area contributed by atoms with Gasteiger partial charge in [0.25, 0.3) is 5.91 Å². The van der Waals surface area contributed by atoms with Crippen LogP contribution in [-0.2, 0) is 4.74 Å². The fraction of sp³-hybridized carbons (Fsp3) is 0.462. The van der Waals surface area contributed by atoms with Gasteiger partial charge in [0.1, 0.15) is 0 Å². The zero-order valence-corrected chi connectivity index (χ0v) is 11.1. The first-order chi connectivity index (χ1) is 8.62. The molecule has 0 aliphatic rings. The number of rotatable bonds is 6. The molecule has 0 bridgehead atoms. The van der Waals surface area contributed by atoms with Crippen molar-refractivity contribution >= 4 is 11.6 Å². The molecule has 0 saturated heterocycles. The van der Waals surface area contributed by atoms with Crippen molar-refractivity contribution in [3.63, 3.8) is 0 Å². The monoisotopic (exact) mass is 251 g/mol. The van der Waals surface area contributed by atoms with Crippen molar-refractivity contribution in [3.05, 3.63) is 29.3 Å². The Balaban J connectivity index is 2.83. The molecule has 1 unspecified atom stereocenters. The van der Waals surface area contributed by atoms with Gasteiger partial charge in [-0.3, -0.25) is 10.6 Å². The minimum absolute atomic E-state index is 0.00873. The average molecular weight is 251 g/mol. The molecule has 1 amide bonds. The summed E-state index contributed by atoms with van der Waals surface area (Å²) in [5, 5.41) is 2.92. The molecular weight excluding hydrogens is 230 g/mol. The number of ether oxygens (including phenoxy) is 1. The second-order valence-corrected chi connectivity index (χ2v) is 4.23. The van der Waals surface area contributed by atoms with Gasteiger partial charge < -0.3 is 15.5 Å². The molecule has 100 valence electrons. The first-order valence-corrected chi connectivity index (χ1v) is 5.99. The number of benzene rings is 1. The number of anilines is 1. The quantitative estimate of drug-likeness (QED) is 0.528. The molecule has 0 aromatic heterocycles. The van der Waals surface area contributed by atoms with E-state index >= 15 is 0 Å². The number of nitrogens with two attached hydrogens (primary N) is 1. The standard InChI is InChI=1S/C13H21N3O2/c1-4-10(8-18-3)15-13(17)11-6-5-9(2)7-12(11)16-14/h5-7,10,16H,4,8,14H2,1-3H3,(H,15,17). The number of nitrogen functional groups attached to an aromatic ring is 1. The maximum absolute atomic E-state index is 12.1. The van der Waals surface area contributed by atoms with Crippen LogP contribution < -0.4 is 16.6 Å². The normalized spacial score (nSPS) is 12.0. The van der Waals surface area contributed by atoms with Crippen molar-refractivity contribution in [3.8, 4) is 0 Å². The number of aryl methyl sites for hydroxylation is 1. The molecule has 0 spiro atoms. The fourth-order valence-electron chi connectivity index (χ4n) is 1.70. The van der Waals surface area contributed by atoms with Gasteiger partial charge in [0.05, 0.1) is 23.9 Å². The van der Waals surface area contributed by atoms with Gasteiger partial charge in [-0.15, -0.1) is 0 Å². The summed E-state index contributed by atoms with van der Waals surface area (Å²) in [5.74, 6) is 5.28. The smallest absolute Gasteiger partial charge is 0.253 e. The topological polar surface area (TPSA) is 76.4 Å². The van der Waals surface area contributed by atoms with E-state index in [2.05, 4.69) is 10.7 Å². The summed E-state index contributed by atoms with van der Waals surface area (Å²) in [7, 11) is 1.62. The Morgan fingerprint density at radius 2 is 2.22 bits per heavy atom. The molecule has 0 fully saturated rings. The molecule has 4 N–H and O–H groups in total.